The number of halogens is 1. The topological polar surface area (TPSA) is 83.7 Å². The highest BCUT2D eigenvalue weighted by atomic mass is 35.5. The summed E-state index contributed by atoms with van der Waals surface area (Å²) in [5.41, 5.74) is 1.41. The summed E-state index contributed by atoms with van der Waals surface area (Å²) in [4.78, 5) is 12.1. The van der Waals surface area contributed by atoms with Crippen LogP contribution in [0.1, 0.15) is 11.1 Å². The molecule has 0 aliphatic heterocycles. The van der Waals surface area contributed by atoms with Gasteiger partial charge in [-0.25, -0.2) is 15.0 Å². The van der Waals surface area contributed by atoms with Crippen LogP contribution in [0, 0.1) is 11.3 Å². The Labute approximate surface area is 121 Å². The van der Waals surface area contributed by atoms with Crippen molar-refractivity contribution < 1.29 is 4.74 Å². The molecule has 2 aromatic heterocycles. The van der Waals surface area contributed by atoms with E-state index in [1.165, 1.54) is 13.3 Å². The van der Waals surface area contributed by atoms with Crippen molar-refractivity contribution in [3.63, 3.8) is 0 Å². The Hall–Kier alpha value is -2.39. The molecule has 0 fully saturated rings. The lowest BCUT2D eigenvalue weighted by Gasteiger charge is -2.07. The molecule has 0 bridgehead atoms. The van der Waals surface area contributed by atoms with Gasteiger partial charge >= 0.3 is 6.01 Å². The van der Waals surface area contributed by atoms with Crippen molar-refractivity contribution in [2.45, 2.75) is 6.42 Å². The molecule has 2 rings (SSSR count). The molecule has 6 nitrogen and oxygen atoms in total. The van der Waals surface area contributed by atoms with Gasteiger partial charge in [0.15, 0.2) is 0 Å². The predicted molar refractivity (Wildman–Crippen MR) is 74.7 cm³/mol. The normalized spacial score (nSPS) is 9.85. The van der Waals surface area contributed by atoms with Crippen LogP contribution >= 0.6 is 11.6 Å². The van der Waals surface area contributed by atoms with Gasteiger partial charge in [0.1, 0.15) is 11.9 Å². The minimum Gasteiger partial charge on any atom is -0.467 e. The molecule has 0 aromatic carbocycles. The van der Waals surface area contributed by atoms with Gasteiger partial charge in [-0.1, -0.05) is 11.6 Å². The van der Waals surface area contributed by atoms with E-state index in [1.807, 2.05) is 6.07 Å². The minimum atomic E-state index is 0.346. The van der Waals surface area contributed by atoms with Crippen molar-refractivity contribution in [2.24, 2.45) is 0 Å². The number of hydrogen-bond donors (Lipinski definition) is 1. The number of nitrogens with one attached hydrogen (secondary N) is 1. The summed E-state index contributed by atoms with van der Waals surface area (Å²) in [6, 6.07) is 3.91. The summed E-state index contributed by atoms with van der Waals surface area (Å²) in [5, 5.41) is 12.3. The van der Waals surface area contributed by atoms with E-state index in [0.29, 0.717) is 29.0 Å². The number of pyridine rings is 1. The van der Waals surface area contributed by atoms with Crippen LogP contribution in [0.25, 0.3) is 0 Å². The Morgan fingerprint density at radius 2 is 2.05 bits per heavy atom. The molecule has 0 saturated carbocycles. The smallest absolute Gasteiger partial charge is 0.316 e. The Balaban J connectivity index is 1.91. The lowest BCUT2D eigenvalue weighted by atomic mass is 10.2. The largest absolute Gasteiger partial charge is 0.467 e. The van der Waals surface area contributed by atoms with E-state index in [-0.39, 0.29) is 0 Å². The monoisotopic (exact) mass is 289 g/mol. The Bertz CT molecular complexity index is 624. The molecule has 0 radical (unpaired) electrons. The van der Waals surface area contributed by atoms with Gasteiger partial charge in [0, 0.05) is 25.1 Å². The molecule has 0 atom stereocenters. The van der Waals surface area contributed by atoms with Gasteiger partial charge in [0.2, 0.25) is 0 Å². The van der Waals surface area contributed by atoms with Crippen molar-refractivity contribution in [2.75, 3.05) is 19.0 Å². The first-order valence-corrected chi connectivity index (χ1v) is 6.25. The van der Waals surface area contributed by atoms with E-state index >= 15 is 0 Å². The molecule has 20 heavy (non-hydrogen) atoms. The van der Waals surface area contributed by atoms with Crippen LogP contribution in [0.15, 0.2) is 24.7 Å². The van der Waals surface area contributed by atoms with E-state index in [1.54, 1.807) is 18.5 Å². The average molecular weight is 290 g/mol. The molecule has 0 aliphatic carbocycles. The summed E-state index contributed by atoms with van der Waals surface area (Å²) in [6.45, 7) is 0.633. The van der Waals surface area contributed by atoms with Crippen molar-refractivity contribution in [1.29, 1.82) is 5.26 Å². The maximum Gasteiger partial charge on any atom is 0.316 e. The molecule has 1 N–H and O–H groups in total. The lowest BCUT2D eigenvalue weighted by Crippen LogP contribution is -2.07. The molecular weight excluding hydrogens is 278 g/mol. The maximum absolute atomic E-state index is 8.73. The second kappa shape index (κ2) is 6.68. The number of anilines is 1. The predicted octanol–water partition coefficient (Wildman–Crippen LogP) is 2.06. The number of hydrogen-bond acceptors (Lipinski definition) is 6. The van der Waals surface area contributed by atoms with Crippen LogP contribution in [-0.4, -0.2) is 28.6 Å². The first-order chi connectivity index (χ1) is 9.72. The number of ether oxygens (including phenoxy) is 1. The summed E-state index contributed by atoms with van der Waals surface area (Å²) in [6.07, 6.45) is 5.62. The van der Waals surface area contributed by atoms with Crippen molar-refractivity contribution in [3.8, 4) is 12.1 Å². The molecule has 2 heterocycles. The molecular formula is C13H12ClN5O. The zero-order valence-corrected chi connectivity index (χ0v) is 11.6. The van der Waals surface area contributed by atoms with Gasteiger partial charge in [0.05, 0.1) is 17.7 Å². The second-order valence-electron chi connectivity index (χ2n) is 3.92. The molecule has 0 saturated heterocycles. The zero-order valence-electron chi connectivity index (χ0n) is 10.8. The number of aromatic nitrogens is 3. The van der Waals surface area contributed by atoms with Gasteiger partial charge in [0.25, 0.3) is 0 Å². The number of methoxy groups -OCH3 is 1. The fraction of sp³-hybridized carbons (Fsp3) is 0.231. The highest BCUT2D eigenvalue weighted by molar-refractivity contribution is 6.33. The van der Waals surface area contributed by atoms with Crippen molar-refractivity contribution >= 4 is 17.4 Å². The van der Waals surface area contributed by atoms with Crippen LogP contribution in [0.5, 0.6) is 6.01 Å². The number of nitriles is 1. The van der Waals surface area contributed by atoms with Crippen LogP contribution in [-0.2, 0) is 6.42 Å². The number of rotatable bonds is 5. The summed E-state index contributed by atoms with van der Waals surface area (Å²) in [7, 11) is 1.52. The molecule has 0 unspecified atom stereocenters. The average Bonchev–Trinajstić information content (AvgIpc) is 2.49. The highest BCUT2D eigenvalue weighted by Gasteiger charge is 2.03. The van der Waals surface area contributed by atoms with Gasteiger partial charge in [-0.2, -0.15) is 5.26 Å². The van der Waals surface area contributed by atoms with E-state index in [9.17, 15) is 0 Å². The van der Waals surface area contributed by atoms with Crippen LogP contribution < -0.4 is 10.1 Å². The van der Waals surface area contributed by atoms with Gasteiger partial charge < -0.3 is 10.1 Å². The molecule has 0 amide bonds. The van der Waals surface area contributed by atoms with E-state index in [2.05, 4.69) is 20.3 Å². The quantitative estimate of drug-likeness (QED) is 0.907. The molecule has 2 aromatic rings. The highest BCUT2D eigenvalue weighted by Crippen LogP contribution is 2.19. The Morgan fingerprint density at radius 1 is 1.30 bits per heavy atom. The molecule has 7 heteroatoms. The lowest BCUT2D eigenvalue weighted by molar-refractivity contribution is 0.379. The second-order valence-corrected chi connectivity index (χ2v) is 4.33. The van der Waals surface area contributed by atoms with Crippen LogP contribution in [0.2, 0.25) is 5.02 Å². The third-order valence-electron chi connectivity index (χ3n) is 2.54. The van der Waals surface area contributed by atoms with Crippen LogP contribution in [0.3, 0.4) is 0 Å². The summed E-state index contributed by atoms with van der Waals surface area (Å²) >= 11 is 6.01. The molecule has 102 valence electrons. The number of nitrogens with zero attached hydrogens (tertiary/aromatic N) is 4. The van der Waals surface area contributed by atoms with E-state index in [0.717, 1.165) is 12.0 Å². The molecule has 0 spiro atoms. The fourth-order valence-electron chi connectivity index (χ4n) is 1.53. The van der Waals surface area contributed by atoms with Crippen LogP contribution in [0.4, 0.5) is 5.82 Å². The van der Waals surface area contributed by atoms with E-state index < -0.39 is 0 Å². The summed E-state index contributed by atoms with van der Waals surface area (Å²) in [5.74, 6) is 0.556. The molecule has 0 aliphatic rings. The first-order valence-electron chi connectivity index (χ1n) is 5.87. The SMILES string of the molecule is COc1ncc(CCNc2ncc(C#N)cc2Cl)cn1. The first kappa shape index (κ1) is 14.0. The van der Waals surface area contributed by atoms with Gasteiger partial charge in [-0.05, 0) is 18.1 Å². The van der Waals surface area contributed by atoms with Crippen molar-refractivity contribution in [3.05, 3.63) is 40.8 Å². The van der Waals surface area contributed by atoms with Gasteiger partial charge in [-0.3, -0.25) is 0 Å². The standard InChI is InChI=1S/C13H12ClN5O/c1-20-13-18-6-9(7-19-13)2-3-16-12-11(14)4-10(5-15)8-17-12/h4,6-8H,2-3H2,1H3,(H,16,17). The third-order valence-corrected chi connectivity index (χ3v) is 2.83. The van der Waals surface area contributed by atoms with Gasteiger partial charge in [-0.15, -0.1) is 0 Å². The minimum absolute atomic E-state index is 0.346. The Kier molecular flexibility index (Phi) is 4.69. The zero-order chi connectivity index (χ0) is 14.4. The summed E-state index contributed by atoms with van der Waals surface area (Å²) < 4.78 is 4.89. The third kappa shape index (κ3) is 3.56. The Morgan fingerprint density at radius 3 is 2.65 bits per heavy atom. The van der Waals surface area contributed by atoms with Crippen molar-refractivity contribution in [1.82, 2.24) is 15.0 Å². The van der Waals surface area contributed by atoms with E-state index in [4.69, 9.17) is 21.6 Å². The fourth-order valence-corrected chi connectivity index (χ4v) is 1.76. The maximum atomic E-state index is 8.73.